The summed E-state index contributed by atoms with van der Waals surface area (Å²) in [7, 11) is 0. The molecule has 3 aromatic carbocycles. The van der Waals surface area contributed by atoms with E-state index in [-0.39, 0.29) is 19.0 Å². The lowest BCUT2D eigenvalue weighted by atomic mass is 10.0. The van der Waals surface area contributed by atoms with E-state index in [1.807, 2.05) is 4.90 Å². The van der Waals surface area contributed by atoms with Gasteiger partial charge in [-0.3, -0.25) is 0 Å². The predicted octanol–water partition coefficient (Wildman–Crippen LogP) is 9.30. The number of phenols is 1. The van der Waals surface area contributed by atoms with Gasteiger partial charge in [0.1, 0.15) is 24.2 Å². The normalized spacial score (nSPS) is 15.1. The van der Waals surface area contributed by atoms with Gasteiger partial charge in [-0.15, -0.1) is 0 Å². The second kappa shape index (κ2) is 18.6. The average Bonchev–Trinajstić information content (AvgIpc) is 3.04. The molecule has 4 rings (SSSR count). The molecule has 0 spiro atoms. The molecule has 3 aromatic rings. The molecule has 0 aliphatic carbocycles. The van der Waals surface area contributed by atoms with E-state index in [2.05, 4.69) is 71.0 Å². The molecule has 0 aromatic heterocycles. The third kappa shape index (κ3) is 10.9. The van der Waals surface area contributed by atoms with Crippen LogP contribution in [0.5, 0.6) is 11.5 Å². The van der Waals surface area contributed by atoms with Gasteiger partial charge in [0.05, 0.1) is 18.6 Å². The van der Waals surface area contributed by atoms with E-state index >= 15 is 0 Å². The van der Waals surface area contributed by atoms with Crippen LogP contribution in [0.25, 0.3) is 0 Å². The number of benzene rings is 3. The second-order valence-corrected chi connectivity index (χ2v) is 13.0. The molecule has 47 heavy (non-hydrogen) atoms. The maximum Gasteiger partial charge on any atom is 0.158 e. The third-order valence-corrected chi connectivity index (χ3v) is 8.76. The number of aromatic hydroxyl groups is 1. The minimum Gasteiger partial charge on any atom is -0.506 e. The van der Waals surface area contributed by atoms with Crippen LogP contribution in [-0.2, 0) is 4.74 Å². The van der Waals surface area contributed by atoms with E-state index in [0.29, 0.717) is 23.9 Å². The molecule has 0 saturated carbocycles. The maximum absolute atomic E-state index is 11.2. The van der Waals surface area contributed by atoms with Crippen molar-refractivity contribution in [2.45, 2.75) is 111 Å². The van der Waals surface area contributed by atoms with Crippen LogP contribution in [-0.4, -0.2) is 48.3 Å². The van der Waals surface area contributed by atoms with Crippen molar-refractivity contribution in [3.05, 3.63) is 88.0 Å². The lowest BCUT2D eigenvalue weighted by molar-refractivity contribution is 0.0109. The number of anilines is 1. The number of amidine groups is 1. The van der Waals surface area contributed by atoms with Crippen LogP contribution in [0.3, 0.4) is 0 Å². The zero-order valence-corrected chi connectivity index (χ0v) is 29.2. The minimum absolute atomic E-state index is 0.0422. The SMILES string of the molecule is CCCCCCCCCCCCOCC(O)COc1ccc(N2C=NC(c3ccc(C)cc3C)=NC2c2ccc(C)cc2C)c(O)c1. The van der Waals surface area contributed by atoms with Crippen molar-refractivity contribution in [2.24, 2.45) is 9.98 Å². The number of aliphatic imine (C=N–C) groups is 2. The molecule has 2 atom stereocenters. The summed E-state index contributed by atoms with van der Waals surface area (Å²) in [5.74, 6) is 1.17. The molecule has 0 saturated heterocycles. The van der Waals surface area contributed by atoms with Crippen molar-refractivity contribution in [1.29, 1.82) is 0 Å². The summed E-state index contributed by atoms with van der Waals surface area (Å²) in [6.07, 6.45) is 13.4. The number of hydrogen-bond donors (Lipinski definition) is 2. The first-order valence-corrected chi connectivity index (χ1v) is 17.5. The Morgan fingerprint density at radius 2 is 1.43 bits per heavy atom. The van der Waals surface area contributed by atoms with Gasteiger partial charge < -0.3 is 24.6 Å². The number of aryl methyl sites for hydroxylation is 4. The predicted molar refractivity (Wildman–Crippen MR) is 194 cm³/mol. The Morgan fingerprint density at radius 1 is 0.766 bits per heavy atom. The first-order valence-electron chi connectivity index (χ1n) is 17.5. The van der Waals surface area contributed by atoms with Gasteiger partial charge in [-0.2, -0.15) is 0 Å². The molecule has 0 bridgehead atoms. The second-order valence-electron chi connectivity index (χ2n) is 13.0. The highest BCUT2D eigenvalue weighted by Crippen LogP contribution is 2.38. The molecular weight excluding hydrogens is 586 g/mol. The van der Waals surface area contributed by atoms with E-state index in [1.54, 1.807) is 24.5 Å². The molecular formula is C40H55N3O4. The van der Waals surface area contributed by atoms with Gasteiger partial charge in [0.25, 0.3) is 0 Å². The Kier molecular flexibility index (Phi) is 14.3. The summed E-state index contributed by atoms with van der Waals surface area (Å²) in [5.41, 5.74) is 7.18. The summed E-state index contributed by atoms with van der Waals surface area (Å²) in [6, 6.07) is 17.8. The number of aliphatic hydroxyl groups is 1. The van der Waals surface area contributed by atoms with Crippen LogP contribution >= 0.6 is 0 Å². The summed E-state index contributed by atoms with van der Waals surface area (Å²) in [5, 5.41) is 21.6. The largest absolute Gasteiger partial charge is 0.506 e. The molecule has 0 fully saturated rings. The number of rotatable bonds is 19. The molecule has 2 N–H and O–H groups in total. The summed E-state index contributed by atoms with van der Waals surface area (Å²) < 4.78 is 11.5. The van der Waals surface area contributed by atoms with Crippen LogP contribution < -0.4 is 9.64 Å². The highest BCUT2D eigenvalue weighted by atomic mass is 16.5. The highest BCUT2D eigenvalue weighted by Gasteiger charge is 2.27. The number of hydrogen-bond acceptors (Lipinski definition) is 7. The Bertz CT molecular complexity index is 1480. The average molecular weight is 642 g/mol. The Morgan fingerprint density at radius 3 is 2.09 bits per heavy atom. The highest BCUT2D eigenvalue weighted by molar-refractivity contribution is 6.07. The maximum atomic E-state index is 11.2. The third-order valence-electron chi connectivity index (χ3n) is 8.76. The number of unbranched alkanes of at least 4 members (excludes halogenated alkanes) is 9. The first-order chi connectivity index (χ1) is 22.8. The summed E-state index contributed by atoms with van der Waals surface area (Å²) >= 11 is 0. The van der Waals surface area contributed by atoms with E-state index in [0.717, 1.165) is 35.1 Å². The number of phenolic OH excluding ortho intramolecular Hbond substituents is 1. The molecule has 254 valence electrons. The zero-order chi connectivity index (χ0) is 33.6. The lowest BCUT2D eigenvalue weighted by Crippen LogP contribution is -2.31. The Labute approximate surface area is 282 Å². The number of nitrogens with zero attached hydrogens (tertiary/aromatic N) is 3. The molecule has 1 heterocycles. The smallest absolute Gasteiger partial charge is 0.158 e. The molecule has 1 aliphatic heterocycles. The summed E-state index contributed by atoms with van der Waals surface area (Å²) in [6.45, 7) is 11.5. The fourth-order valence-electron chi connectivity index (χ4n) is 6.09. The Balaban J connectivity index is 1.31. The quantitative estimate of drug-likeness (QED) is 0.127. The first kappa shape index (κ1) is 36.2. The van der Waals surface area contributed by atoms with E-state index in [1.165, 1.54) is 62.5 Å². The molecule has 2 unspecified atom stereocenters. The number of ether oxygens (including phenoxy) is 2. The van der Waals surface area contributed by atoms with Gasteiger partial charge in [0, 0.05) is 18.2 Å². The minimum atomic E-state index is -0.749. The lowest BCUT2D eigenvalue weighted by Gasteiger charge is -2.32. The van der Waals surface area contributed by atoms with Crippen LogP contribution in [0.4, 0.5) is 5.69 Å². The van der Waals surface area contributed by atoms with Crippen molar-refractivity contribution in [2.75, 3.05) is 24.7 Å². The fraction of sp³-hybridized carbons (Fsp3) is 0.500. The summed E-state index contributed by atoms with van der Waals surface area (Å²) in [4.78, 5) is 11.7. The van der Waals surface area contributed by atoms with Crippen LogP contribution in [0.1, 0.15) is 111 Å². The molecule has 7 nitrogen and oxygen atoms in total. The van der Waals surface area contributed by atoms with Gasteiger partial charge in [-0.1, -0.05) is 112 Å². The van der Waals surface area contributed by atoms with E-state index < -0.39 is 12.3 Å². The van der Waals surface area contributed by atoms with Gasteiger partial charge in [0.15, 0.2) is 12.0 Å². The van der Waals surface area contributed by atoms with E-state index in [9.17, 15) is 10.2 Å². The van der Waals surface area contributed by atoms with Gasteiger partial charge >= 0.3 is 0 Å². The van der Waals surface area contributed by atoms with Crippen LogP contribution in [0.2, 0.25) is 0 Å². The van der Waals surface area contributed by atoms with Crippen molar-refractivity contribution in [3.8, 4) is 11.5 Å². The van der Waals surface area contributed by atoms with Crippen molar-refractivity contribution in [1.82, 2.24) is 0 Å². The molecule has 1 aliphatic rings. The topological polar surface area (TPSA) is 86.9 Å². The molecule has 0 amide bonds. The van der Waals surface area contributed by atoms with E-state index in [4.69, 9.17) is 19.5 Å². The van der Waals surface area contributed by atoms with Gasteiger partial charge in [0.2, 0.25) is 0 Å². The zero-order valence-electron chi connectivity index (χ0n) is 29.2. The fourth-order valence-corrected chi connectivity index (χ4v) is 6.09. The monoisotopic (exact) mass is 641 g/mol. The van der Waals surface area contributed by atoms with Gasteiger partial charge in [-0.25, -0.2) is 9.98 Å². The van der Waals surface area contributed by atoms with Crippen LogP contribution in [0, 0.1) is 27.7 Å². The van der Waals surface area contributed by atoms with Crippen molar-refractivity contribution >= 4 is 17.9 Å². The Hall–Kier alpha value is -3.68. The van der Waals surface area contributed by atoms with Crippen molar-refractivity contribution < 1.29 is 19.7 Å². The standard InChI is InChI=1S/C40H55N3O4/c1-6-7-8-9-10-11-12-13-14-15-22-46-26-33(44)27-47-34-18-21-37(38(45)25-34)43-28-41-39(35-19-16-29(2)23-31(35)4)42-40(43)36-20-17-30(3)24-32(36)5/h16-21,23-25,28,33,40,44-45H,6-15,22,26-27H2,1-5H3. The van der Waals surface area contributed by atoms with Crippen molar-refractivity contribution in [3.63, 3.8) is 0 Å². The van der Waals surface area contributed by atoms with Crippen LogP contribution in [0.15, 0.2) is 64.6 Å². The molecule has 0 radical (unpaired) electrons. The molecule has 7 heteroatoms. The van der Waals surface area contributed by atoms with Gasteiger partial charge in [-0.05, 0) is 62.9 Å². The number of aliphatic hydroxyl groups excluding tert-OH is 1.